The summed E-state index contributed by atoms with van der Waals surface area (Å²) in [5.74, 6) is 1.72. The molecule has 1 aliphatic rings. The van der Waals surface area contributed by atoms with Gasteiger partial charge in [0, 0.05) is 12.6 Å². The van der Waals surface area contributed by atoms with E-state index in [1.54, 1.807) is 11.3 Å². The molecule has 0 radical (unpaired) electrons. The Kier molecular flexibility index (Phi) is 3.81. The maximum atomic E-state index is 3.71. The van der Waals surface area contributed by atoms with Crippen LogP contribution >= 0.6 is 11.3 Å². The van der Waals surface area contributed by atoms with Crippen molar-refractivity contribution >= 4 is 11.3 Å². The quantitative estimate of drug-likeness (QED) is 0.824. The van der Waals surface area contributed by atoms with Crippen LogP contribution in [-0.2, 0) is 6.54 Å². The Morgan fingerprint density at radius 3 is 3.00 bits per heavy atom. The summed E-state index contributed by atoms with van der Waals surface area (Å²) < 4.78 is 0. The Labute approximate surface area is 96.9 Å². The van der Waals surface area contributed by atoms with Crippen LogP contribution in [0.25, 0.3) is 0 Å². The largest absolute Gasteiger partial charge is 0.310 e. The van der Waals surface area contributed by atoms with E-state index in [2.05, 4.69) is 36.0 Å². The van der Waals surface area contributed by atoms with E-state index in [9.17, 15) is 0 Å². The summed E-state index contributed by atoms with van der Waals surface area (Å²) >= 11 is 1.79. The molecule has 3 atom stereocenters. The summed E-state index contributed by atoms with van der Waals surface area (Å²) in [6.45, 7) is 5.84. The van der Waals surface area contributed by atoms with Crippen LogP contribution in [0.5, 0.6) is 0 Å². The van der Waals surface area contributed by atoms with Gasteiger partial charge in [-0.3, -0.25) is 0 Å². The fourth-order valence-corrected chi connectivity index (χ4v) is 3.18. The minimum atomic E-state index is 0.730. The maximum Gasteiger partial charge on any atom is 0.0216 e. The zero-order chi connectivity index (χ0) is 10.7. The molecule has 1 aromatic rings. The molecule has 0 unspecified atom stereocenters. The highest BCUT2D eigenvalue weighted by Crippen LogP contribution is 2.29. The number of nitrogens with one attached hydrogen (secondary N) is 1. The van der Waals surface area contributed by atoms with Gasteiger partial charge >= 0.3 is 0 Å². The van der Waals surface area contributed by atoms with Crippen molar-refractivity contribution in [3.63, 3.8) is 0 Å². The first-order valence-electron chi connectivity index (χ1n) is 6.02. The molecule has 0 bridgehead atoms. The molecule has 0 amide bonds. The molecule has 1 heterocycles. The lowest BCUT2D eigenvalue weighted by Gasteiger charge is -2.34. The molecule has 1 N–H and O–H groups in total. The van der Waals surface area contributed by atoms with Crippen LogP contribution in [-0.4, -0.2) is 6.04 Å². The van der Waals surface area contributed by atoms with E-state index < -0.39 is 0 Å². The number of rotatable bonds is 3. The first-order valence-corrected chi connectivity index (χ1v) is 6.96. The minimum Gasteiger partial charge on any atom is -0.310 e. The summed E-state index contributed by atoms with van der Waals surface area (Å²) in [6.07, 6.45) is 4.17. The van der Waals surface area contributed by atoms with Crippen molar-refractivity contribution < 1.29 is 0 Å². The third kappa shape index (κ3) is 2.82. The second kappa shape index (κ2) is 5.13. The Balaban J connectivity index is 1.83. The highest BCUT2D eigenvalue weighted by atomic mass is 32.1. The minimum absolute atomic E-state index is 0.730. The van der Waals surface area contributed by atoms with E-state index in [1.807, 2.05) is 0 Å². The van der Waals surface area contributed by atoms with Gasteiger partial charge < -0.3 is 5.32 Å². The molecule has 1 nitrogen and oxygen atoms in total. The van der Waals surface area contributed by atoms with Crippen molar-refractivity contribution in [1.29, 1.82) is 0 Å². The van der Waals surface area contributed by atoms with Gasteiger partial charge in [0.25, 0.3) is 0 Å². The van der Waals surface area contributed by atoms with E-state index in [1.165, 1.54) is 24.8 Å². The van der Waals surface area contributed by atoms with Gasteiger partial charge in [0.1, 0.15) is 0 Å². The van der Waals surface area contributed by atoms with Gasteiger partial charge in [-0.1, -0.05) is 26.7 Å². The van der Waals surface area contributed by atoms with Crippen molar-refractivity contribution in [3.8, 4) is 0 Å². The zero-order valence-corrected chi connectivity index (χ0v) is 10.5. The standard InChI is InChI=1S/C13H21NS/c1-10-4-3-5-13(11(10)2)14-8-12-6-7-15-9-12/h6-7,9-11,13-14H,3-5,8H2,1-2H3/t10-,11-,13+/m1/s1. The maximum absolute atomic E-state index is 3.71. The van der Waals surface area contributed by atoms with Crippen molar-refractivity contribution in [3.05, 3.63) is 22.4 Å². The molecule has 2 rings (SSSR count). The summed E-state index contributed by atoms with van der Waals surface area (Å²) in [5.41, 5.74) is 1.44. The van der Waals surface area contributed by atoms with Crippen LogP contribution < -0.4 is 5.32 Å². The monoisotopic (exact) mass is 223 g/mol. The van der Waals surface area contributed by atoms with Crippen LogP contribution in [0.1, 0.15) is 38.7 Å². The van der Waals surface area contributed by atoms with E-state index in [0.29, 0.717) is 0 Å². The van der Waals surface area contributed by atoms with Crippen molar-refractivity contribution in [2.75, 3.05) is 0 Å². The Morgan fingerprint density at radius 2 is 2.27 bits per heavy atom. The van der Waals surface area contributed by atoms with Crippen LogP contribution in [0.15, 0.2) is 16.8 Å². The van der Waals surface area contributed by atoms with Gasteiger partial charge in [0.15, 0.2) is 0 Å². The average molecular weight is 223 g/mol. The molecule has 2 heteroatoms. The SMILES string of the molecule is C[C@@H]1[C@H](C)CCC[C@@H]1NCc1ccsc1. The number of hydrogen-bond acceptors (Lipinski definition) is 2. The molecule has 0 aromatic carbocycles. The summed E-state index contributed by atoms with van der Waals surface area (Å²) in [7, 11) is 0. The second-order valence-electron chi connectivity index (χ2n) is 4.89. The van der Waals surface area contributed by atoms with E-state index in [0.717, 1.165) is 24.4 Å². The Hall–Kier alpha value is -0.340. The predicted octanol–water partition coefficient (Wildman–Crippen LogP) is 3.66. The van der Waals surface area contributed by atoms with Crippen LogP contribution in [0, 0.1) is 11.8 Å². The average Bonchev–Trinajstić information content (AvgIpc) is 2.73. The van der Waals surface area contributed by atoms with Gasteiger partial charge in [-0.25, -0.2) is 0 Å². The summed E-state index contributed by atoms with van der Waals surface area (Å²) in [5, 5.41) is 8.11. The molecule has 1 fully saturated rings. The van der Waals surface area contributed by atoms with E-state index in [4.69, 9.17) is 0 Å². The molecule has 0 spiro atoms. The first-order chi connectivity index (χ1) is 7.27. The van der Waals surface area contributed by atoms with Gasteiger partial charge in [0.05, 0.1) is 0 Å². The molecule has 84 valence electrons. The molecule has 1 saturated carbocycles. The fourth-order valence-electron chi connectivity index (χ4n) is 2.51. The Bertz CT molecular complexity index is 281. The highest BCUT2D eigenvalue weighted by molar-refractivity contribution is 7.07. The lowest BCUT2D eigenvalue weighted by atomic mass is 9.78. The number of thiophene rings is 1. The van der Waals surface area contributed by atoms with Crippen LogP contribution in [0.2, 0.25) is 0 Å². The molecule has 15 heavy (non-hydrogen) atoms. The summed E-state index contributed by atoms with van der Waals surface area (Å²) in [6, 6.07) is 2.95. The topological polar surface area (TPSA) is 12.0 Å². The fraction of sp³-hybridized carbons (Fsp3) is 0.692. The molecular weight excluding hydrogens is 202 g/mol. The van der Waals surface area contributed by atoms with Crippen LogP contribution in [0.4, 0.5) is 0 Å². The normalized spacial score (nSPS) is 31.7. The number of hydrogen-bond donors (Lipinski definition) is 1. The van der Waals surface area contributed by atoms with Gasteiger partial charge in [0.2, 0.25) is 0 Å². The van der Waals surface area contributed by atoms with Crippen LogP contribution in [0.3, 0.4) is 0 Å². The molecule has 0 saturated heterocycles. The van der Waals surface area contributed by atoms with E-state index >= 15 is 0 Å². The lowest BCUT2D eigenvalue weighted by Crippen LogP contribution is -2.40. The second-order valence-corrected chi connectivity index (χ2v) is 5.67. The molecular formula is C13H21NS. The zero-order valence-electron chi connectivity index (χ0n) is 9.70. The molecule has 1 aliphatic carbocycles. The third-order valence-corrected chi connectivity index (χ3v) is 4.59. The highest BCUT2D eigenvalue weighted by Gasteiger charge is 2.26. The van der Waals surface area contributed by atoms with Crippen molar-refractivity contribution in [2.24, 2.45) is 11.8 Å². The predicted molar refractivity (Wildman–Crippen MR) is 67.1 cm³/mol. The smallest absolute Gasteiger partial charge is 0.0216 e. The van der Waals surface area contributed by atoms with Crippen molar-refractivity contribution in [2.45, 2.75) is 45.7 Å². The molecule has 1 aromatic heterocycles. The molecule has 0 aliphatic heterocycles. The van der Waals surface area contributed by atoms with Gasteiger partial charge in [-0.2, -0.15) is 11.3 Å². The third-order valence-electron chi connectivity index (χ3n) is 3.86. The first kappa shape index (κ1) is 11.2. The van der Waals surface area contributed by atoms with Gasteiger partial charge in [-0.15, -0.1) is 0 Å². The lowest BCUT2D eigenvalue weighted by molar-refractivity contribution is 0.206. The summed E-state index contributed by atoms with van der Waals surface area (Å²) in [4.78, 5) is 0. The van der Waals surface area contributed by atoms with E-state index in [-0.39, 0.29) is 0 Å². The Morgan fingerprint density at radius 1 is 1.40 bits per heavy atom. The van der Waals surface area contributed by atoms with Gasteiger partial charge in [-0.05, 0) is 40.6 Å². The van der Waals surface area contributed by atoms with Crippen molar-refractivity contribution in [1.82, 2.24) is 5.32 Å².